The third-order valence-electron chi connectivity index (χ3n) is 6.51. The van der Waals surface area contributed by atoms with E-state index in [-0.39, 0.29) is 22.9 Å². The van der Waals surface area contributed by atoms with Crippen LogP contribution in [0.4, 0.5) is 4.79 Å². The van der Waals surface area contributed by atoms with Crippen LogP contribution in [0.2, 0.25) is 0 Å². The predicted molar refractivity (Wildman–Crippen MR) is 107 cm³/mol. The lowest BCUT2D eigenvalue weighted by Crippen LogP contribution is -2.76. The molecule has 4 aliphatic heterocycles. The normalized spacial score (nSPS) is 25.5. The van der Waals surface area contributed by atoms with Gasteiger partial charge >= 0.3 is 6.03 Å². The molecule has 5 heterocycles. The van der Waals surface area contributed by atoms with Gasteiger partial charge < -0.3 is 15.1 Å². The summed E-state index contributed by atoms with van der Waals surface area (Å²) >= 11 is 1.82. The zero-order valence-electron chi connectivity index (χ0n) is 17.0. The molecule has 1 N–H and O–H groups in total. The molecule has 7 nitrogen and oxygen atoms in total. The number of urea groups is 1. The maximum Gasteiger partial charge on any atom is 0.320 e. The smallest absolute Gasteiger partial charge is 0.320 e. The summed E-state index contributed by atoms with van der Waals surface area (Å²) in [4.78, 5) is 36.3. The maximum atomic E-state index is 12.6. The van der Waals surface area contributed by atoms with Crippen molar-refractivity contribution in [3.63, 3.8) is 0 Å². The molecule has 5 rings (SSSR count). The van der Waals surface area contributed by atoms with E-state index in [9.17, 15) is 9.59 Å². The van der Waals surface area contributed by atoms with Crippen molar-refractivity contribution in [1.82, 2.24) is 25.0 Å². The second kappa shape index (κ2) is 5.92. The lowest BCUT2D eigenvalue weighted by Gasteiger charge is -2.61. The topological polar surface area (TPSA) is 68.8 Å². The van der Waals surface area contributed by atoms with Crippen molar-refractivity contribution in [2.75, 3.05) is 39.3 Å². The first-order chi connectivity index (χ1) is 13.2. The van der Waals surface area contributed by atoms with Crippen molar-refractivity contribution < 1.29 is 9.59 Å². The minimum Gasteiger partial charge on any atom is -0.347 e. The van der Waals surface area contributed by atoms with Crippen LogP contribution in [-0.2, 0) is 16.8 Å². The Bertz CT molecular complexity index is 809. The number of carbonyl (C=O) groups is 2. The molecule has 4 saturated heterocycles. The maximum absolute atomic E-state index is 12.6. The van der Waals surface area contributed by atoms with E-state index >= 15 is 0 Å². The molecule has 0 atom stereocenters. The summed E-state index contributed by atoms with van der Waals surface area (Å²) in [6.45, 7) is 12.8. The first kappa shape index (κ1) is 18.4. The van der Waals surface area contributed by atoms with E-state index in [1.807, 2.05) is 27.3 Å². The molecule has 3 amide bonds. The number of nitrogens with zero attached hydrogens (tertiary/aromatic N) is 4. The minimum absolute atomic E-state index is 0.116. The van der Waals surface area contributed by atoms with Crippen LogP contribution in [0.1, 0.15) is 43.5 Å². The first-order valence-corrected chi connectivity index (χ1v) is 11.0. The lowest BCUT2D eigenvalue weighted by atomic mass is 9.73. The summed E-state index contributed by atoms with van der Waals surface area (Å²) in [6, 6.07) is 0.146. The van der Waals surface area contributed by atoms with Crippen molar-refractivity contribution in [1.29, 1.82) is 0 Å². The molecule has 0 aliphatic carbocycles. The van der Waals surface area contributed by atoms with Crippen molar-refractivity contribution in [3.05, 3.63) is 16.1 Å². The highest BCUT2D eigenvalue weighted by Crippen LogP contribution is 2.42. The fourth-order valence-electron chi connectivity index (χ4n) is 5.09. The van der Waals surface area contributed by atoms with Crippen LogP contribution >= 0.6 is 11.3 Å². The van der Waals surface area contributed by atoms with E-state index in [1.54, 1.807) is 0 Å². The lowest BCUT2D eigenvalue weighted by molar-refractivity contribution is -0.121. The van der Waals surface area contributed by atoms with Crippen molar-refractivity contribution in [2.45, 2.75) is 51.1 Å². The molecule has 152 valence electrons. The van der Waals surface area contributed by atoms with Crippen LogP contribution in [0.25, 0.3) is 0 Å². The van der Waals surface area contributed by atoms with Gasteiger partial charge in [-0.1, -0.05) is 20.8 Å². The Morgan fingerprint density at radius 2 is 1.86 bits per heavy atom. The zero-order valence-corrected chi connectivity index (χ0v) is 17.8. The van der Waals surface area contributed by atoms with E-state index in [4.69, 9.17) is 0 Å². The number of rotatable bonds is 2. The van der Waals surface area contributed by atoms with Crippen molar-refractivity contribution >= 4 is 23.3 Å². The van der Waals surface area contributed by atoms with Gasteiger partial charge in [0.25, 0.3) is 0 Å². The Kier molecular flexibility index (Phi) is 3.88. The molecule has 2 spiro atoms. The number of aromatic nitrogens is 1. The van der Waals surface area contributed by atoms with Gasteiger partial charge in [0, 0.05) is 74.1 Å². The van der Waals surface area contributed by atoms with Crippen LogP contribution in [0.5, 0.6) is 0 Å². The molecule has 1 aromatic rings. The van der Waals surface area contributed by atoms with Gasteiger partial charge in [0.1, 0.15) is 0 Å². The van der Waals surface area contributed by atoms with Crippen molar-refractivity contribution in [3.8, 4) is 0 Å². The Balaban J connectivity index is 1.07. The highest BCUT2D eigenvalue weighted by Gasteiger charge is 2.56. The summed E-state index contributed by atoms with van der Waals surface area (Å²) in [7, 11) is 0. The number of thiazole rings is 1. The molecular weight excluding hydrogens is 374 g/mol. The average Bonchev–Trinajstić information content (AvgIpc) is 3.12. The van der Waals surface area contributed by atoms with Gasteiger partial charge in [0.15, 0.2) is 0 Å². The molecule has 4 fully saturated rings. The largest absolute Gasteiger partial charge is 0.347 e. The Labute approximate surface area is 170 Å². The third-order valence-corrected chi connectivity index (χ3v) is 7.92. The monoisotopic (exact) mass is 403 g/mol. The Morgan fingerprint density at radius 3 is 2.43 bits per heavy atom. The SMILES string of the molecule is CC(C)(C)c1ncc(CN2CC3(C2)CN(C(=O)N2CC4(CCC(=O)N4)C2)C3)s1. The molecule has 0 radical (unpaired) electrons. The average molecular weight is 404 g/mol. The summed E-state index contributed by atoms with van der Waals surface area (Å²) in [5.41, 5.74) is 0.297. The molecule has 0 unspecified atom stereocenters. The van der Waals surface area contributed by atoms with E-state index in [1.165, 1.54) is 9.88 Å². The summed E-state index contributed by atoms with van der Waals surface area (Å²) < 4.78 is 0. The van der Waals surface area contributed by atoms with Crippen molar-refractivity contribution in [2.24, 2.45) is 5.41 Å². The number of carbonyl (C=O) groups excluding carboxylic acids is 2. The van der Waals surface area contributed by atoms with E-state index < -0.39 is 0 Å². The quantitative estimate of drug-likeness (QED) is 0.815. The van der Waals surface area contributed by atoms with E-state index in [0.29, 0.717) is 24.9 Å². The van der Waals surface area contributed by atoms with E-state index in [2.05, 4.69) is 36.0 Å². The molecule has 1 aromatic heterocycles. The summed E-state index contributed by atoms with van der Waals surface area (Å²) in [5.74, 6) is 0.125. The zero-order chi connectivity index (χ0) is 19.7. The van der Waals surface area contributed by atoms with Gasteiger partial charge in [0.05, 0.1) is 10.5 Å². The number of amides is 3. The Morgan fingerprint density at radius 1 is 1.18 bits per heavy atom. The van der Waals surface area contributed by atoms with Gasteiger partial charge in [-0.25, -0.2) is 9.78 Å². The van der Waals surface area contributed by atoms with Gasteiger partial charge in [-0.2, -0.15) is 0 Å². The van der Waals surface area contributed by atoms with Crippen LogP contribution in [0.3, 0.4) is 0 Å². The number of nitrogens with one attached hydrogen (secondary N) is 1. The highest BCUT2D eigenvalue weighted by molar-refractivity contribution is 7.11. The van der Waals surface area contributed by atoms with Crippen LogP contribution in [0, 0.1) is 5.41 Å². The van der Waals surface area contributed by atoms with Gasteiger partial charge in [0.2, 0.25) is 5.91 Å². The molecule has 4 aliphatic rings. The summed E-state index contributed by atoms with van der Waals surface area (Å²) in [5, 5.41) is 4.24. The third kappa shape index (κ3) is 3.01. The van der Waals surface area contributed by atoms with Crippen LogP contribution in [0.15, 0.2) is 6.20 Å². The second-order valence-corrected chi connectivity index (χ2v) is 11.5. The standard InChI is InChI=1S/C20H29N5O2S/c1-18(2,3)16-21-6-14(28-16)7-23-8-19(9-23)10-24(11-19)17(27)25-12-20(13-25)5-4-15(26)22-20/h6H,4-5,7-13H2,1-3H3,(H,22,26). The highest BCUT2D eigenvalue weighted by atomic mass is 32.1. The molecule has 0 aromatic carbocycles. The molecule has 0 bridgehead atoms. The molecule has 0 saturated carbocycles. The molecule has 28 heavy (non-hydrogen) atoms. The number of hydrogen-bond donors (Lipinski definition) is 1. The molecular formula is C20H29N5O2S. The number of likely N-dealkylation sites (tertiary alicyclic amines) is 3. The fraction of sp³-hybridized carbons (Fsp3) is 0.750. The second-order valence-electron chi connectivity index (χ2n) is 10.4. The van der Waals surface area contributed by atoms with Gasteiger partial charge in [-0.05, 0) is 6.42 Å². The van der Waals surface area contributed by atoms with Gasteiger partial charge in [-0.3, -0.25) is 9.69 Å². The fourth-order valence-corrected chi connectivity index (χ4v) is 6.10. The predicted octanol–water partition coefficient (Wildman–Crippen LogP) is 1.64. The Hall–Kier alpha value is -1.67. The van der Waals surface area contributed by atoms with Gasteiger partial charge in [-0.15, -0.1) is 11.3 Å². The number of hydrogen-bond acceptors (Lipinski definition) is 5. The van der Waals surface area contributed by atoms with Crippen LogP contribution < -0.4 is 5.32 Å². The van der Waals surface area contributed by atoms with Crippen LogP contribution in [-0.4, -0.2) is 76.4 Å². The minimum atomic E-state index is -0.122. The first-order valence-electron chi connectivity index (χ1n) is 10.2. The molecule has 8 heteroatoms. The summed E-state index contributed by atoms with van der Waals surface area (Å²) in [6.07, 6.45) is 3.49. The van der Waals surface area contributed by atoms with E-state index in [0.717, 1.165) is 39.1 Å².